The van der Waals surface area contributed by atoms with Gasteiger partial charge in [0.2, 0.25) is 0 Å². The summed E-state index contributed by atoms with van der Waals surface area (Å²) in [6.07, 6.45) is 0. The third kappa shape index (κ3) is 2.98. The lowest BCUT2D eigenvalue weighted by molar-refractivity contribution is 0.797. The summed E-state index contributed by atoms with van der Waals surface area (Å²) < 4.78 is 2.71. The Morgan fingerprint density at radius 1 is 0.312 bits per heavy atom. The molecule has 0 aliphatic heterocycles. The van der Waals surface area contributed by atoms with E-state index in [9.17, 15) is 0 Å². The van der Waals surface area contributed by atoms with Crippen LogP contribution in [0.2, 0.25) is 0 Å². The lowest BCUT2D eigenvalue weighted by Crippen LogP contribution is -2.26. The molecule has 48 heavy (non-hydrogen) atoms. The molecule has 0 amide bonds. The van der Waals surface area contributed by atoms with Gasteiger partial charge in [0.1, 0.15) is 0 Å². The third-order valence-electron chi connectivity index (χ3n) is 11.3. The van der Waals surface area contributed by atoms with Crippen LogP contribution < -0.4 is 0 Å². The van der Waals surface area contributed by atoms with E-state index in [1.54, 1.807) is 0 Å². The maximum absolute atomic E-state index is 2.54. The fraction of sp³-hybridized carbons (Fsp3) is 0.0213. The third-order valence-corrected chi connectivity index (χ3v) is 12.4. The van der Waals surface area contributed by atoms with Gasteiger partial charge in [0, 0.05) is 20.2 Å². The minimum Gasteiger partial charge on any atom is -0.135 e. The second-order valence-electron chi connectivity index (χ2n) is 13.6. The van der Waals surface area contributed by atoms with Crippen molar-refractivity contribution in [2.45, 2.75) is 5.41 Å². The first-order valence-corrected chi connectivity index (χ1v) is 17.6. The first-order valence-electron chi connectivity index (χ1n) is 16.8. The average molecular weight is 623 g/mol. The summed E-state index contributed by atoms with van der Waals surface area (Å²) in [5, 5.41) is 10.9. The predicted molar refractivity (Wildman–Crippen MR) is 205 cm³/mol. The fourth-order valence-electron chi connectivity index (χ4n) is 9.47. The normalized spacial score (nSPS) is 14.0. The minimum absolute atomic E-state index is 0.344. The molecule has 0 atom stereocenters. The van der Waals surface area contributed by atoms with Crippen molar-refractivity contribution < 1.29 is 0 Å². The van der Waals surface area contributed by atoms with Gasteiger partial charge in [-0.2, -0.15) is 0 Å². The summed E-state index contributed by atoms with van der Waals surface area (Å²) in [4.78, 5) is 0. The molecule has 0 unspecified atom stereocenters. The molecule has 1 heteroatoms. The summed E-state index contributed by atoms with van der Waals surface area (Å²) >= 11 is 1.93. The molecule has 0 radical (unpaired) electrons. The second kappa shape index (κ2) is 8.77. The largest absolute Gasteiger partial charge is 0.135 e. The van der Waals surface area contributed by atoms with Crippen molar-refractivity contribution in [2.75, 3.05) is 0 Å². The Kier molecular flexibility index (Phi) is 4.63. The van der Waals surface area contributed by atoms with E-state index in [1.165, 1.54) is 108 Å². The van der Waals surface area contributed by atoms with Crippen molar-refractivity contribution in [3.05, 3.63) is 180 Å². The molecule has 10 aromatic rings. The first-order chi connectivity index (χ1) is 23.8. The van der Waals surface area contributed by atoms with Crippen LogP contribution >= 0.6 is 11.3 Å². The molecule has 0 saturated heterocycles. The van der Waals surface area contributed by atoms with Crippen LogP contribution in [0.3, 0.4) is 0 Å². The average Bonchev–Trinajstić information content (AvgIpc) is 3.78. The summed E-state index contributed by atoms with van der Waals surface area (Å²) in [7, 11) is 0. The van der Waals surface area contributed by atoms with Crippen LogP contribution in [-0.2, 0) is 5.41 Å². The Labute approximate surface area is 281 Å². The highest BCUT2D eigenvalue weighted by atomic mass is 32.1. The molecule has 1 heterocycles. The van der Waals surface area contributed by atoms with Crippen molar-refractivity contribution >= 4 is 63.8 Å². The topological polar surface area (TPSA) is 0 Å². The van der Waals surface area contributed by atoms with Crippen LogP contribution in [0.4, 0.5) is 0 Å². The minimum atomic E-state index is -0.344. The summed E-state index contributed by atoms with van der Waals surface area (Å²) in [5.74, 6) is 0. The van der Waals surface area contributed by atoms with E-state index < -0.39 is 0 Å². The SMILES string of the molecule is c1ccc(-c2cc3ccc4cc(-c5cc6c7c(ccc8cccc(c87)C67c6ccccc6-c6ccccc67)c5)cc5sc(c2)c3c45)cc1. The zero-order valence-corrected chi connectivity index (χ0v) is 26.7. The molecule has 0 nitrogen and oxygen atoms in total. The van der Waals surface area contributed by atoms with Gasteiger partial charge in [0.25, 0.3) is 0 Å². The van der Waals surface area contributed by atoms with E-state index in [0.29, 0.717) is 0 Å². The molecule has 0 saturated carbocycles. The number of hydrogen-bond donors (Lipinski definition) is 0. The standard InChI is InChI=1S/C47H26S/c1-2-9-27(10-3-1)33-22-30-19-20-31-23-34(26-42-46(31)45(30)41(25-33)48-42)32-21-29-18-17-28-11-8-16-39-43(28)44(29)40(24-32)47(39)37-14-6-4-12-35(37)36-13-5-7-15-38(36)47/h1-26H. The Morgan fingerprint density at radius 2 is 0.812 bits per heavy atom. The smallest absolute Gasteiger partial charge is 0.0726 e. The zero-order valence-electron chi connectivity index (χ0n) is 25.9. The van der Waals surface area contributed by atoms with Crippen LogP contribution in [0.5, 0.6) is 0 Å². The van der Waals surface area contributed by atoms with Crippen LogP contribution in [0.15, 0.2) is 158 Å². The van der Waals surface area contributed by atoms with E-state index in [-0.39, 0.29) is 5.41 Å². The van der Waals surface area contributed by atoms with Crippen molar-refractivity contribution in [3.8, 4) is 33.4 Å². The fourth-order valence-corrected chi connectivity index (χ4v) is 10.7. The zero-order chi connectivity index (χ0) is 31.1. The summed E-state index contributed by atoms with van der Waals surface area (Å²) in [6, 6.07) is 59.8. The quantitative estimate of drug-likeness (QED) is 0.168. The van der Waals surface area contributed by atoms with Crippen molar-refractivity contribution in [3.63, 3.8) is 0 Å². The van der Waals surface area contributed by atoms with E-state index in [2.05, 4.69) is 158 Å². The molecular formula is C47H26S. The van der Waals surface area contributed by atoms with E-state index >= 15 is 0 Å². The Hall–Kier alpha value is -5.76. The van der Waals surface area contributed by atoms with Crippen molar-refractivity contribution in [2.24, 2.45) is 0 Å². The lowest BCUT2D eigenvalue weighted by atomic mass is 9.70. The van der Waals surface area contributed by atoms with E-state index in [0.717, 1.165) is 0 Å². The number of rotatable bonds is 2. The van der Waals surface area contributed by atoms with E-state index in [1.807, 2.05) is 11.3 Å². The predicted octanol–water partition coefficient (Wildman–Crippen LogP) is 13.0. The molecule has 0 fully saturated rings. The number of thiophene rings is 1. The molecule has 0 N–H and O–H groups in total. The Balaban J connectivity index is 1.15. The maximum atomic E-state index is 2.54. The van der Waals surface area contributed by atoms with Gasteiger partial charge in [-0.05, 0) is 124 Å². The highest BCUT2D eigenvalue weighted by Gasteiger charge is 2.50. The molecule has 1 aromatic heterocycles. The molecule has 1 spiro atoms. The van der Waals surface area contributed by atoms with Gasteiger partial charge in [-0.25, -0.2) is 0 Å². The lowest BCUT2D eigenvalue weighted by Gasteiger charge is -2.31. The van der Waals surface area contributed by atoms with Gasteiger partial charge in [0.05, 0.1) is 5.41 Å². The Morgan fingerprint density at radius 3 is 1.48 bits per heavy atom. The molecule has 2 aliphatic carbocycles. The van der Waals surface area contributed by atoms with Gasteiger partial charge in [-0.3, -0.25) is 0 Å². The number of hydrogen-bond acceptors (Lipinski definition) is 1. The highest BCUT2D eigenvalue weighted by Crippen LogP contribution is 2.62. The van der Waals surface area contributed by atoms with Crippen LogP contribution in [0, 0.1) is 0 Å². The summed E-state index contributed by atoms with van der Waals surface area (Å²) in [5.41, 5.74) is 13.1. The van der Waals surface area contributed by atoms with Crippen molar-refractivity contribution in [1.82, 2.24) is 0 Å². The number of fused-ring (bicyclic) bond motifs is 7. The van der Waals surface area contributed by atoms with Crippen LogP contribution in [-0.4, -0.2) is 0 Å². The van der Waals surface area contributed by atoms with E-state index in [4.69, 9.17) is 0 Å². The molecule has 0 bridgehead atoms. The molecule has 2 aliphatic rings. The maximum Gasteiger partial charge on any atom is 0.0726 e. The van der Waals surface area contributed by atoms with Gasteiger partial charge < -0.3 is 0 Å². The van der Waals surface area contributed by atoms with Gasteiger partial charge in [0.15, 0.2) is 0 Å². The number of benzene rings is 9. The molecule has 12 rings (SSSR count). The molecule has 9 aromatic carbocycles. The Bertz CT molecular complexity index is 2950. The van der Waals surface area contributed by atoms with Gasteiger partial charge in [-0.1, -0.05) is 121 Å². The molecule has 220 valence electrons. The van der Waals surface area contributed by atoms with Crippen LogP contribution in [0.25, 0.3) is 85.9 Å². The highest BCUT2D eigenvalue weighted by molar-refractivity contribution is 7.26. The van der Waals surface area contributed by atoms with Gasteiger partial charge >= 0.3 is 0 Å². The summed E-state index contributed by atoms with van der Waals surface area (Å²) in [6.45, 7) is 0. The van der Waals surface area contributed by atoms with Gasteiger partial charge in [-0.15, -0.1) is 11.3 Å². The molecular weight excluding hydrogens is 597 g/mol. The van der Waals surface area contributed by atoms with Crippen LogP contribution in [0.1, 0.15) is 22.3 Å². The second-order valence-corrected chi connectivity index (χ2v) is 14.7. The van der Waals surface area contributed by atoms with Crippen molar-refractivity contribution in [1.29, 1.82) is 0 Å². The first kappa shape index (κ1) is 25.3. The monoisotopic (exact) mass is 622 g/mol.